The quantitative estimate of drug-likeness (QED) is 0.152. The highest BCUT2D eigenvalue weighted by atomic mass is 16.6. The van der Waals surface area contributed by atoms with Crippen molar-refractivity contribution >= 4 is 35.5 Å². The molecule has 0 radical (unpaired) electrons. The van der Waals surface area contributed by atoms with Crippen molar-refractivity contribution in [3.05, 3.63) is 71.8 Å². The number of aliphatic carboxylic acids is 1. The molecule has 0 aromatic heterocycles. The zero-order valence-corrected chi connectivity index (χ0v) is 24.2. The predicted octanol–water partition coefficient (Wildman–Crippen LogP) is 0.293. The van der Waals surface area contributed by atoms with Gasteiger partial charge in [-0.2, -0.15) is 0 Å². The van der Waals surface area contributed by atoms with Crippen LogP contribution in [-0.4, -0.2) is 76.5 Å². The maximum Gasteiger partial charge on any atom is 0.325 e. The van der Waals surface area contributed by atoms with E-state index in [0.29, 0.717) is 11.4 Å². The molecule has 1 heterocycles. The van der Waals surface area contributed by atoms with E-state index >= 15 is 0 Å². The number of epoxide rings is 1. The molecule has 1 aliphatic heterocycles. The van der Waals surface area contributed by atoms with Crippen molar-refractivity contribution in [3.63, 3.8) is 0 Å². The number of hydrazine groups is 1. The largest absolute Gasteiger partial charge is 0.480 e. The van der Waals surface area contributed by atoms with Crippen LogP contribution in [0.5, 0.6) is 0 Å². The number of hydrogen-bond acceptors (Lipinski definition) is 7. The van der Waals surface area contributed by atoms with Crippen LogP contribution in [0.15, 0.2) is 60.7 Å². The summed E-state index contributed by atoms with van der Waals surface area (Å²) in [6.45, 7) is 4.12. The molecule has 4 atom stereocenters. The molecule has 0 unspecified atom stereocenters. The van der Waals surface area contributed by atoms with Gasteiger partial charge in [-0.15, -0.1) is 0 Å². The van der Waals surface area contributed by atoms with Crippen molar-refractivity contribution in [1.82, 2.24) is 26.4 Å². The lowest BCUT2D eigenvalue weighted by Gasteiger charge is -2.26. The molecule has 5 amide bonds. The number of nitrogens with one attached hydrogen (secondary N) is 4. The summed E-state index contributed by atoms with van der Waals surface area (Å²) in [5.41, 5.74) is 4.00. The zero-order chi connectivity index (χ0) is 31.5. The smallest absolute Gasteiger partial charge is 0.325 e. The van der Waals surface area contributed by atoms with E-state index in [9.17, 15) is 33.9 Å². The van der Waals surface area contributed by atoms with Crippen LogP contribution in [-0.2, 0) is 46.5 Å². The Balaban J connectivity index is 1.52. The molecule has 1 aliphatic rings. The fourth-order valence-corrected chi connectivity index (χ4v) is 4.13. The summed E-state index contributed by atoms with van der Waals surface area (Å²) in [6.07, 6.45) is -1.77. The first-order valence-electron chi connectivity index (χ1n) is 13.9. The van der Waals surface area contributed by atoms with Crippen LogP contribution in [0.1, 0.15) is 38.3 Å². The second-order valence-corrected chi connectivity index (χ2v) is 10.5. The van der Waals surface area contributed by atoms with E-state index in [1.54, 1.807) is 13.8 Å². The number of ether oxygens (including phenoxy) is 1. The third-order valence-corrected chi connectivity index (χ3v) is 6.61. The average Bonchev–Trinajstić information content (AvgIpc) is 3.78. The summed E-state index contributed by atoms with van der Waals surface area (Å²) in [5.74, 6) is -5.06. The van der Waals surface area contributed by atoms with Gasteiger partial charge in [-0.25, -0.2) is 5.01 Å². The number of carbonyl (C=O) groups excluding carboxylic acids is 5. The Bertz CT molecular complexity index is 1300. The van der Waals surface area contributed by atoms with Gasteiger partial charge >= 0.3 is 5.97 Å². The summed E-state index contributed by atoms with van der Waals surface area (Å²) in [7, 11) is 0. The molecular weight excluding hydrogens is 558 g/mol. The van der Waals surface area contributed by atoms with E-state index in [0.717, 1.165) is 11.1 Å². The molecule has 230 valence electrons. The minimum absolute atomic E-state index is 0.164. The molecule has 13 heteroatoms. The van der Waals surface area contributed by atoms with Gasteiger partial charge in [0.1, 0.15) is 18.6 Å². The van der Waals surface area contributed by atoms with Gasteiger partial charge in [0.15, 0.2) is 12.2 Å². The van der Waals surface area contributed by atoms with Gasteiger partial charge in [0.25, 0.3) is 17.7 Å². The van der Waals surface area contributed by atoms with Crippen molar-refractivity contribution in [2.45, 2.75) is 64.4 Å². The van der Waals surface area contributed by atoms with Gasteiger partial charge < -0.3 is 25.8 Å². The number of nitrogens with zero attached hydrogens (tertiary/aromatic N) is 1. The second-order valence-electron chi connectivity index (χ2n) is 10.5. The summed E-state index contributed by atoms with van der Waals surface area (Å²) in [4.78, 5) is 75.0. The van der Waals surface area contributed by atoms with E-state index in [1.807, 2.05) is 60.7 Å². The number of carboxylic acids is 1. The summed E-state index contributed by atoms with van der Waals surface area (Å²) in [5, 5.41) is 17.6. The SMILES string of the molecule is CC(C)[C@H](NC(=O)CCc1ccccc1)C(=O)N[C@@H](C)C(=O)NN(CC(=O)O)C(=O)[C@H]1O[C@@H]1C(=O)NCc1ccccc1. The van der Waals surface area contributed by atoms with Crippen molar-refractivity contribution in [1.29, 1.82) is 0 Å². The third kappa shape index (κ3) is 10.2. The number of carbonyl (C=O) groups is 6. The monoisotopic (exact) mass is 595 g/mol. The highest BCUT2D eigenvalue weighted by molar-refractivity contribution is 5.97. The van der Waals surface area contributed by atoms with Crippen molar-refractivity contribution < 1.29 is 38.6 Å². The summed E-state index contributed by atoms with van der Waals surface area (Å²) >= 11 is 0. The standard InChI is InChI=1S/C30H37N5O8/c1-18(2)24(33-22(36)15-14-20-10-6-4-7-11-20)28(40)32-19(3)27(39)34-35(17-23(37)38)30(42)26-25(43-26)29(41)31-16-21-12-8-5-9-13-21/h4-13,18-19,24-26H,14-17H2,1-3H3,(H,31,41)(H,32,40)(H,33,36)(H,34,39)(H,37,38)/t19-,24-,25-,26-/m0/s1. The lowest BCUT2D eigenvalue weighted by molar-refractivity contribution is -0.151. The molecule has 1 saturated heterocycles. The first-order chi connectivity index (χ1) is 20.5. The molecular formula is C30H37N5O8. The van der Waals surface area contributed by atoms with Crippen molar-refractivity contribution in [2.75, 3.05) is 6.54 Å². The Morgan fingerprint density at radius 1 is 0.837 bits per heavy atom. The Labute approximate surface area is 249 Å². The van der Waals surface area contributed by atoms with Crippen LogP contribution in [0.3, 0.4) is 0 Å². The maximum atomic E-state index is 13.0. The Morgan fingerprint density at radius 3 is 2.02 bits per heavy atom. The molecule has 1 fully saturated rings. The van der Waals surface area contributed by atoms with Crippen LogP contribution in [0.2, 0.25) is 0 Å². The highest BCUT2D eigenvalue weighted by Gasteiger charge is 2.52. The molecule has 0 aliphatic carbocycles. The minimum Gasteiger partial charge on any atom is -0.480 e. The first kappa shape index (κ1) is 32.7. The fraction of sp³-hybridized carbons (Fsp3) is 0.400. The van der Waals surface area contributed by atoms with E-state index in [4.69, 9.17) is 4.74 Å². The Kier molecular flexibility index (Phi) is 11.8. The zero-order valence-electron chi connectivity index (χ0n) is 24.2. The molecule has 0 spiro atoms. The molecule has 0 saturated carbocycles. The number of benzene rings is 2. The lowest BCUT2D eigenvalue weighted by atomic mass is 10.0. The maximum absolute atomic E-state index is 13.0. The molecule has 13 nitrogen and oxygen atoms in total. The molecule has 0 bridgehead atoms. The van der Waals surface area contributed by atoms with Crippen LogP contribution >= 0.6 is 0 Å². The van der Waals surface area contributed by atoms with E-state index < -0.39 is 60.4 Å². The lowest BCUT2D eigenvalue weighted by Crippen LogP contribution is -2.58. The topological polar surface area (TPSA) is 187 Å². The van der Waals surface area contributed by atoms with Gasteiger partial charge in [0, 0.05) is 13.0 Å². The van der Waals surface area contributed by atoms with Gasteiger partial charge in [0.05, 0.1) is 0 Å². The van der Waals surface area contributed by atoms with Gasteiger partial charge in [-0.05, 0) is 30.4 Å². The van der Waals surface area contributed by atoms with E-state index in [1.165, 1.54) is 6.92 Å². The number of hydrogen-bond donors (Lipinski definition) is 5. The number of rotatable bonds is 14. The Hall–Kier alpha value is -4.78. The van der Waals surface area contributed by atoms with Crippen LogP contribution in [0, 0.1) is 5.92 Å². The van der Waals surface area contributed by atoms with Crippen LogP contribution in [0.4, 0.5) is 0 Å². The first-order valence-corrected chi connectivity index (χ1v) is 13.9. The molecule has 3 rings (SSSR count). The van der Waals surface area contributed by atoms with Crippen LogP contribution < -0.4 is 21.4 Å². The minimum atomic E-state index is -1.42. The number of carboxylic acid groups (broad SMARTS) is 1. The molecule has 5 N–H and O–H groups in total. The Morgan fingerprint density at radius 2 is 1.44 bits per heavy atom. The number of amides is 5. The highest BCUT2D eigenvalue weighted by Crippen LogP contribution is 2.24. The van der Waals surface area contributed by atoms with Gasteiger partial charge in [-0.3, -0.25) is 34.2 Å². The average molecular weight is 596 g/mol. The predicted molar refractivity (Wildman–Crippen MR) is 154 cm³/mol. The van der Waals surface area contributed by atoms with Gasteiger partial charge in [-0.1, -0.05) is 74.5 Å². The third-order valence-electron chi connectivity index (χ3n) is 6.61. The number of aryl methyl sites for hydroxylation is 1. The second kappa shape index (κ2) is 15.4. The molecule has 2 aromatic rings. The van der Waals surface area contributed by atoms with Gasteiger partial charge in [0.2, 0.25) is 11.8 Å². The van der Waals surface area contributed by atoms with Crippen molar-refractivity contribution in [2.24, 2.45) is 5.92 Å². The normalized spacial score (nSPS) is 16.7. The summed E-state index contributed by atoms with van der Waals surface area (Å²) < 4.78 is 5.18. The molecule has 43 heavy (non-hydrogen) atoms. The van der Waals surface area contributed by atoms with Crippen LogP contribution in [0.25, 0.3) is 0 Å². The summed E-state index contributed by atoms with van der Waals surface area (Å²) in [6, 6.07) is 16.3. The van der Waals surface area contributed by atoms with E-state index in [-0.39, 0.29) is 24.8 Å². The van der Waals surface area contributed by atoms with Crippen molar-refractivity contribution in [3.8, 4) is 0 Å². The fourth-order valence-electron chi connectivity index (χ4n) is 4.13. The molecule has 2 aromatic carbocycles. The van der Waals surface area contributed by atoms with E-state index in [2.05, 4.69) is 21.4 Å².